The van der Waals surface area contributed by atoms with Crippen LogP contribution in [0.15, 0.2) is 77.7 Å². The van der Waals surface area contributed by atoms with Crippen molar-refractivity contribution in [2.75, 3.05) is 24.6 Å². The summed E-state index contributed by atoms with van der Waals surface area (Å²) in [5, 5.41) is 3.22. The molecule has 1 N–H and O–H groups in total. The van der Waals surface area contributed by atoms with Gasteiger partial charge in [0.25, 0.3) is 10.0 Å². The summed E-state index contributed by atoms with van der Waals surface area (Å²) in [7, 11) is -2.51. The van der Waals surface area contributed by atoms with Gasteiger partial charge >= 0.3 is 0 Å². The van der Waals surface area contributed by atoms with E-state index in [0.717, 1.165) is 4.31 Å². The van der Waals surface area contributed by atoms with Crippen molar-refractivity contribution in [2.45, 2.75) is 17.9 Å². The number of hydrogen-bond acceptors (Lipinski definition) is 5. The fourth-order valence-corrected chi connectivity index (χ4v) is 5.11. The van der Waals surface area contributed by atoms with Crippen LogP contribution in [0.25, 0.3) is 0 Å². The highest BCUT2D eigenvalue weighted by atomic mass is 35.5. The first-order valence-corrected chi connectivity index (χ1v) is 12.5. The molecule has 0 saturated carbocycles. The SMILES string of the molecule is COc1ccc(OCC(C)NC(=O)CN(c2ccc(Cl)cc2Cl)S(=O)(=O)c2ccccc2)cc1. The van der Waals surface area contributed by atoms with E-state index in [4.69, 9.17) is 32.7 Å². The van der Waals surface area contributed by atoms with Crippen LogP contribution < -0.4 is 19.1 Å². The van der Waals surface area contributed by atoms with Crippen molar-refractivity contribution in [1.29, 1.82) is 0 Å². The maximum absolute atomic E-state index is 13.4. The zero-order chi connectivity index (χ0) is 24.7. The molecule has 3 rings (SSSR count). The number of carbonyl (C=O) groups is 1. The highest BCUT2D eigenvalue weighted by molar-refractivity contribution is 7.92. The molecule has 0 aliphatic heterocycles. The molecule has 0 aliphatic rings. The third-order valence-electron chi connectivity index (χ3n) is 4.76. The van der Waals surface area contributed by atoms with Gasteiger partial charge in [0.1, 0.15) is 24.7 Å². The summed E-state index contributed by atoms with van der Waals surface area (Å²) in [6.45, 7) is 1.46. The lowest BCUT2D eigenvalue weighted by atomic mass is 10.3. The predicted octanol–water partition coefficient (Wildman–Crippen LogP) is 4.78. The summed E-state index contributed by atoms with van der Waals surface area (Å²) in [5.74, 6) is 0.800. The molecule has 34 heavy (non-hydrogen) atoms. The van der Waals surface area contributed by atoms with Gasteiger partial charge in [-0.25, -0.2) is 8.42 Å². The lowest BCUT2D eigenvalue weighted by molar-refractivity contribution is -0.120. The van der Waals surface area contributed by atoms with Crippen molar-refractivity contribution >= 4 is 44.8 Å². The molecule has 0 bridgehead atoms. The molecule has 1 amide bonds. The molecule has 1 unspecified atom stereocenters. The molecule has 0 aliphatic carbocycles. The average molecular weight is 523 g/mol. The monoisotopic (exact) mass is 522 g/mol. The number of nitrogens with zero attached hydrogens (tertiary/aromatic N) is 1. The van der Waals surface area contributed by atoms with Gasteiger partial charge in [0.2, 0.25) is 5.91 Å². The number of halogens is 2. The van der Waals surface area contributed by atoms with Crippen molar-refractivity contribution < 1.29 is 22.7 Å². The fourth-order valence-electron chi connectivity index (χ4n) is 3.09. The molecule has 0 fully saturated rings. The second-order valence-electron chi connectivity index (χ2n) is 7.38. The number of nitrogens with one attached hydrogen (secondary N) is 1. The molecule has 180 valence electrons. The Kier molecular flexibility index (Phi) is 8.66. The van der Waals surface area contributed by atoms with E-state index in [1.165, 1.54) is 30.3 Å². The summed E-state index contributed by atoms with van der Waals surface area (Å²) < 4.78 is 38.5. The highest BCUT2D eigenvalue weighted by Gasteiger charge is 2.29. The molecule has 1 atom stereocenters. The number of amides is 1. The number of methoxy groups -OCH3 is 1. The molecule has 3 aromatic carbocycles. The van der Waals surface area contributed by atoms with E-state index in [2.05, 4.69) is 5.32 Å². The van der Waals surface area contributed by atoms with Crippen molar-refractivity contribution in [3.63, 3.8) is 0 Å². The number of sulfonamides is 1. The van der Waals surface area contributed by atoms with Gasteiger partial charge in [0.05, 0.1) is 28.8 Å². The van der Waals surface area contributed by atoms with Crippen LogP contribution in [0.4, 0.5) is 5.69 Å². The Hall–Kier alpha value is -2.94. The number of hydrogen-bond donors (Lipinski definition) is 1. The standard InChI is InChI=1S/C24H24Cl2N2O5S/c1-17(16-33-20-11-9-19(32-2)10-12-20)27-24(29)15-28(23-13-8-18(25)14-22(23)26)34(30,31)21-6-4-3-5-7-21/h3-14,17H,15-16H2,1-2H3,(H,27,29). The van der Waals surface area contributed by atoms with Crippen molar-refractivity contribution in [3.05, 3.63) is 82.8 Å². The summed E-state index contributed by atoms with van der Waals surface area (Å²) >= 11 is 12.3. The number of rotatable bonds is 10. The second kappa shape index (κ2) is 11.5. The Bertz CT molecular complexity index is 1220. The Labute approximate surface area is 209 Å². The molecule has 0 radical (unpaired) electrons. The molecular formula is C24H24Cl2N2O5S. The molecule has 0 aromatic heterocycles. The van der Waals surface area contributed by atoms with E-state index in [-0.39, 0.29) is 22.2 Å². The largest absolute Gasteiger partial charge is 0.497 e. The van der Waals surface area contributed by atoms with Gasteiger partial charge in [-0.1, -0.05) is 41.4 Å². The normalized spacial score (nSPS) is 12.0. The third-order valence-corrected chi connectivity index (χ3v) is 7.08. The third kappa shape index (κ3) is 6.56. The van der Waals surface area contributed by atoms with Crippen LogP contribution in [-0.2, 0) is 14.8 Å². The summed E-state index contributed by atoms with van der Waals surface area (Å²) in [4.78, 5) is 12.9. The van der Waals surface area contributed by atoms with Crippen molar-refractivity contribution in [1.82, 2.24) is 5.32 Å². The highest BCUT2D eigenvalue weighted by Crippen LogP contribution is 2.32. The van der Waals surface area contributed by atoms with Crippen LogP contribution in [0.3, 0.4) is 0 Å². The first-order chi connectivity index (χ1) is 16.2. The maximum atomic E-state index is 13.4. The molecular weight excluding hydrogens is 499 g/mol. The van der Waals surface area contributed by atoms with Crippen LogP contribution >= 0.6 is 23.2 Å². The summed E-state index contributed by atoms with van der Waals surface area (Å²) in [6.07, 6.45) is 0. The van der Waals surface area contributed by atoms with Gasteiger partial charge in [-0.15, -0.1) is 0 Å². The lowest BCUT2D eigenvalue weighted by Crippen LogP contribution is -2.45. The van der Waals surface area contributed by atoms with Crippen molar-refractivity contribution in [2.24, 2.45) is 0 Å². The van der Waals surface area contributed by atoms with E-state index < -0.39 is 28.5 Å². The van der Waals surface area contributed by atoms with E-state index in [1.54, 1.807) is 56.5 Å². The minimum absolute atomic E-state index is 0.0321. The minimum atomic E-state index is -4.08. The van der Waals surface area contributed by atoms with Gasteiger partial charge in [-0.3, -0.25) is 9.10 Å². The fraction of sp³-hybridized carbons (Fsp3) is 0.208. The van der Waals surface area contributed by atoms with E-state index in [1.807, 2.05) is 0 Å². The van der Waals surface area contributed by atoms with E-state index >= 15 is 0 Å². The zero-order valence-electron chi connectivity index (χ0n) is 18.6. The topological polar surface area (TPSA) is 84.9 Å². The predicted molar refractivity (Wildman–Crippen MR) is 134 cm³/mol. The number of ether oxygens (including phenoxy) is 2. The lowest BCUT2D eigenvalue weighted by Gasteiger charge is -2.26. The molecule has 0 heterocycles. The van der Waals surface area contributed by atoms with Crippen LogP contribution in [0.5, 0.6) is 11.5 Å². The maximum Gasteiger partial charge on any atom is 0.264 e. The molecule has 0 spiro atoms. The van der Waals surface area contributed by atoms with Crippen LogP contribution in [0.2, 0.25) is 10.0 Å². The van der Waals surface area contributed by atoms with Crippen LogP contribution in [-0.4, -0.2) is 40.6 Å². The Balaban J connectivity index is 1.74. The number of benzene rings is 3. The zero-order valence-corrected chi connectivity index (χ0v) is 20.9. The Morgan fingerprint density at radius 2 is 1.65 bits per heavy atom. The van der Waals surface area contributed by atoms with Gasteiger partial charge in [0.15, 0.2) is 0 Å². The Morgan fingerprint density at radius 1 is 1.00 bits per heavy atom. The number of anilines is 1. The van der Waals surface area contributed by atoms with Gasteiger partial charge < -0.3 is 14.8 Å². The van der Waals surface area contributed by atoms with Crippen molar-refractivity contribution in [3.8, 4) is 11.5 Å². The Morgan fingerprint density at radius 3 is 2.26 bits per heavy atom. The van der Waals surface area contributed by atoms with Gasteiger partial charge in [0, 0.05) is 5.02 Å². The molecule has 0 saturated heterocycles. The van der Waals surface area contributed by atoms with Gasteiger partial charge in [-0.2, -0.15) is 0 Å². The van der Waals surface area contributed by atoms with E-state index in [9.17, 15) is 13.2 Å². The second-order valence-corrected chi connectivity index (χ2v) is 10.1. The molecule has 3 aromatic rings. The first kappa shape index (κ1) is 25.7. The summed E-state index contributed by atoms with van der Waals surface area (Å²) in [5.41, 5.74) is 0.146. The molecule has 10 heteroatoms. The first-order valence-electron chi connectivity index (χ1n) is 10.3. The van der Waals surface area contributed by atoms with E-state index in [0.29, 0.717) is 16.5 Å². The average Bonchev–Trinajstić information content (AvgIpc) is 2.82. The summed E-state index contributed by atoms with van der Waals surface area (Å²) in [6, 6.07) is 18.9. The number of carbonyl (C=O) groups excluding carboxylic acids is 1. The smallest absolute Gasteiger partial charge is 0.264 e. The van der Waals surface area contributed by atoms with Crippen LogP contribution in [0, 0.1) is 0 Å². The van der Waals surface area contributed by atoms with Crippen LogP contribution in [0.1, 0.15) is 6.92 Å². The minimum Gasteiger partial charge on any atom is -0.497 e. The van der Waals surface area contributed by atoms with Gasteiger partial charge in [-0.05, 0) is 61.5 Å². The molecule has 7 nitrogen and oxygen atoms in total. The quantitative estimate of drug-likeness (QED) is 0.414.